The average Bonchev–Trinajstić information content (AvgIpc) is 3.18. The molecule has 0 amide bonds. The Balaban J connectivity index is 1.29. The molecule has 0 aromatic heterocycles. The molecule has 214 valence electrons. The molecular formula is C36H39FO4. The van der Waals surface area contributed by atoms with Crippen molar-refractivity contribution in [2.75, 3.05) is 13.7 Å². The second kappa shape index (κ2) is 10.3. The van der Waals surface area contributed by atoms with Crippen molar-refractivity contribution in [2.45, 2.75) is 65.4 Å². The van der Waals surface area contributed by atoms with E-state index in [9.17, 15) is 4.79 Å². The first kappa shape index (κ1) is 27.6. The van der Waals surface area contributed by atoms with Gasteiger partial charge in [0.25, 0.3) is 0 Å². The molecule has 3 aliphatic rings. The Bertz CT molecular complexity index is 1540. The molecule has 41 heavy (non-hydrogen) atoms. The fourth-order valence-electron chi connectivity index (χ4n) is 7.45. The van der Waals surface area contributed by atoms with Crippen molar-refractivity contribution in [1.29, 1.82) is 0 Å². The van der Waals surface area contributed by atoms with E-state index >= 15 is 4.39 Å². The van der Waals surface area contributed by atoms with Crippen LogP contribution in [0.5, 0.6) is 11.5 Å². The molecule has 0 bridgehead atoms. The number of rotatable bonds is 8. The average molecular weight is 555 g/mol. The van der Waals surface area contributed by atoms with Crippen molar-refractivity contribution < 1.29 is 23.4 Å². The molecule has 3 aromatic carbocycles. The van der Waals surface area contributed by atoms with Crippen molar-refractivity contribution in [1.82, 2.24) is 0 Å². The number of methoxy groups -OCH3 is 1. The number of fused-ring (bicyclic) bond motifs is 2. The Labute approximate surface area is 242 Å². The summed E-state index contributed by atoms with van der Waals surface area (Å²) in [4.78, 5) is 12.7. The lowest BCUT2D eigenvalue weighted by Gasteiger charge is -2.25. The molecule has 6 rings (SSSR count). The fraction of sp³-hybridized carbons (Fsp3) is 0.417. The molecular weight excluding hydrogens is 515 g/mol. The third-order valence-electron chi connectivity index (χ3n) is 9.78. The van der Waals surface area contributed by atoms with Gasteiger partial charge in [-0.05, 0) is 114 Å². The maximum absolute atomic E-state index is 15.1. The van der Waals surface area contributed by atoms with Crippen molar-refractivity contribution in [2.24, 2.45) is 17.3 Å². The molecule has 0 radical (unpaired) electrons. The van der Waals surface area contributed by atoms with Gasteiger partial charge in [0.2, 0.25) is 0 Å². The monoisotopic (exact) mass is 554 g/mol. The zero-order valence-corrected chi connectivity index (χ0v) is 24.7. The normalized spacial score (nSPS) is 23.7. The maximum Gasteiger partial charge on any atom is 0.310 e. The smallest absolute Gasteiger partial charge is 0.310 e. The second-order valence-corrected chi connectivity index (χ2v) is 12.4. The van der Waals surface area contributed by atoms with Crippen molar-refractivity contribution in [3.05, 3.63) is 88.7 Å². The van der Waals surface area contributed by atoms with Gasteiger partial charge in [-0.3, -0.25) is 4.79 Å². The standard InChI is InChI=1S/C36H39FO4/c1-6-40-34(38)33-22(2)36(33)17-15-24-10-11-26(20-31(24)36)41-21-23-9-13-27(29-19-25(39-5)12-14-32(29)37)28(18-23)30-8-7-16-35(30,3)4/h8-14,18-20,22,33H,6-7,15-17,21H2,1-5H3/t22-,33-,36-/m0/s1. The molecule has 1 saturated carbocycles. The van der Waals surface area contributed by atoms with Gasteiger partial charge in [-0.1, -0.05) is 45.0 Å². The highest BCUT2D eigenvalue weighted by Crippen LogP contribution is 2.66. The van der Waals surface area contributed by atoms with Gasteiger partial charge in [0.05, 0.1) is 19.6 Å². The molecule has 5 heteroatoms. The lowest BCUT2D eigenvalue weighted by molar-refractivity contribution is -0.145. The van der Waals surface area contributed by atoms with E-state index in [1.165, 1.54) is 22.8 Å². The molecule has 0 heterocycles. The summed E-state index contributed by atoms with van der Waals surface area (Å²) in [7, 11) is 1.60. The summed E-state index contributed by atoms with van der Waals surface area (Å²) in [6, 6.07) is 17.4. The van der Waals surface area contributed by atoms with Crippen LogP contribution in [-0.2, 0) is 28.0 Å². The Morgan fingerprint density at radius 3 is 2.51 bits per heavy atom. The first-order valence-electron chi connectivity index (χ1n) is 14.8. The van der Waals surface area contributed by atoms with E-state index in [2.05, 4.69) is 45.0 Å². The molecule has 0 unspecified atom stereocenters. The number of aryl methyl sites for hydroxylation is 1. The van der Waals surface area contributed by atoms with E-state index in [4.69, 9.17) is 14.2 Å². The van der Waals surface area contributed by atoms with Crippen molar-refractivity contribution in [3.63, 3.8) is 0 Å². The summed E-state index contributed by atoms with van der Waals surface area (Å²) in [6.07, 6.45) is 6.31. The van der Waals surface area contributed by atoms with Crippen LogP contribution in [-0.4, -0.2) is 19.7 Å². The molecule has 0 aliphatic heterocycles. The van der Waals surface area contributed by atoms with Crippen molar-refractivity contribution >= 4 is 11.5 Å². The van der Waals surface area contributed by atoms with Crippen molar-refractivity contribution in [3.8, 4) is 22.6 Å². The minimum Gasteiger partial charge on any atom is -0.497 e. The predicted molar refractivity (Wildman–Crippen MR) is 159 cm³/mol. The number of benzene rings is 3. The van der Waals surface area contributed by atoms with Gasteiger partial charge in [-0.25, -0.2) is 4.39 Å². The molecule has 1 fully saturated rings. The number of halogens is 1. The summed E-state index contributed by atoms with van der Waals surface area (Å²) >= 11 is 0. The molecule has 3 aromatic rings. The van der Waals surface area contributed by atoms with E-state index in [0.717, 1.165) is 48.1 Å². The highest BCUT2D eigenvalue weighted by atomic mass is 19.1. The van der Waals surface area contributed by atoms with E-state index < -0.39 is 0 Å². The quantitative estimate of drug-likeness (QED) is 0.263. The number of hydrogen-bond acceptors (Lipinski definition) is 4. The third-order valence-corrected chi connectivity index (χ3v) is 9.78. The minimum atomic E-state index is -0.269. The van der Waals surface area contributed by atoms with Crippen LogP contribution in [0.25, 0.3) is 16.7 Å². The summed E-state index contributed by atoms with van der Waals surface area (Å²) in [6.45, 7) is 9.34. The molecule has 3 atom stereocenters. The van der Waals surface area contributed by atoms with Crippen LogP contribution < -0.4 is 9.47 Å². The van der Waals surface area contributed by atoms with Crippen LogP contribution in [0, 0.1) is 23.1 Å². The summed E-state index contributed by atoms with van der Waals surface area (Å²) in [5, 5.41) is 0. The van der Waals surface area contributed by atoms with Crippen LogP contribution in [0.15, 0.2) is 60.7 Å². The Morgan fingerprint density at radius 1 is 0.976 bits per heavy atom. The number of allylic oxidation sites excluding steroid dienone is 2. The van der Waals surface area contributed by atoms with Crippen LogP contribution in [0.2, 0.25) is 0 Å². The van der Waals surface area contributed by atoms with Gasteiger partial charge in [-0.2, -0.15) is 0 Å². The van der Waals surface area contributed by atoms with Gasteiger partial charge in [-0.15, -0.1) is 0 Å². The molecule has 1 spiro atoms. The lowest BCUT2D eigenvalue weighted by atomic mass is 9.79. The highest BCUT2D eigenvalue weighted by molar-refractivity contribution is 5.85. The summed E-state index contributed by atoms with van der Waals surface area (Å²) < 4.78 is 32.3. The van der Waals surface area contributed by atoms with Crippen LogP contribution in [0.3, 0.4) is 0 Å². The van der Waals surface area contributed by atoms with Crippen LogP contribution in [0.1, 0.15) is 69.2 Å². The first-order valence-corrected chi connectivity index (χ1v) is 14.8. The second-order valence-electron chi connectivity index (χ2n) is 12.4. The lowest BCUT2D eigenvalue weighted by Crippen LogP contribution is -2.15. The van der Waals surface area contributed by atoms with E-state index in [1.807, 2.05) is 25.1 Å². The van der Waals surface area contributed by atoms with E-state index in [1.54, 1.807) is 19.2 Å². The van der Waals surface area contributed by atoms with E-state index in [0.29, 0.717) is 24.5 Å². The number of carbonyl (C=O) groups is 1. The Kier molecular flexibility index (Phi) is 6.96. The molecule has 3 aliphatic carbocycles. The van der Waals surface area contributed by atoms with Gasteiger partial charge in [0.15, 0.2) is 0 Å². The van der Waals surface area contributed by atoms with Gasteiger partial charge >= 0.3 is 5.97 Å². The number of esters is 1. The zero-order chi connectivity index (χ0) is 28.9. The fourth-order valence-corrected chi connectivity index (χ4v) is 7.45. The third kappa shape index (κ3) is 4.64. The topological polar surface area (TPSA) is 44.8 Å². The van der Waals surface area contributed by atoms with Gasteiger partial charge < -0.3 is 14.2 Å². The Morgan fingerprint density at radius 2 is 1.78 bits per heavy atom. The predicted octanol–water partition coefficient (Wildman–Crippen LogP) is 8.30. The van der Waals surface area contributed by atoms with Gasteiger partial charge in [0.1, 0.15) is 23.9 Å². The maximum atomic E-state index is 15.1. The number of ether oxygens (including phenoxy) is 3. The SMILES string of the molecule is CCOC(=O)[C@@H]1[C@H](C)[C@]12CCc1ccc(OCc3ccc(-c4cc(OC)ccc4F)c(C4=CCCC4(C)C)c3)cc12. The first-order chi connectivity index (χ1) is 19.7. The largest absolute Gasteiger partial charge is 0.497 e. The molecule has 0 saturated heterocycles. The van der Waals surface area contributed by atoms with Crippen LogP contribution >= 0.6 is 0 Å². The van der Waals surface area contributed by atoms with Crippen LogP contribution in [0.4, 0.5) is 4.39 Å². The molecule has 0 N–H and O–H groups in total. The van der Waals surface area contributed by atoms with E-state index in [-0.39, 0.29) is 34.5 Å². The zero-order valence-electron chi connectivity index (χ0n) is 24.7. The number of carbonyl (C=O) groups excluding carboxylic acids is 1. The Hall–Kier alpha value is -3.60. The minimum absolute atomic E-state index is 0.00566. The highest BCUT2D eigenvalue weighted by Gasteiger charge is 2.68. The number of hydrogen-bond donors (Lipinski definition) is 0. The molecule has 4 nitrogen and oxygen atoms in total. The van der Waals surface area contributed by atoms with Gasteiger partial charge in [0, 0.05) is 11.0 Å². The summed E-state index contributed by atoms with van der Waals surface area (Å²) in [5.41, 5.74) is 7.11. The summed E-state index contributed by atoms with van der Waals surface area (Å²) in [5.74, 6) is 1.28.